The Bertz CT molecular complexity index is 1840. The van der Waals surface area contributed by atoms with Gasteiger partial charge in [-0.2, -0.15) is 0 Å². The number of aliphatic hydroxyl groups is 8. The van der Waals surface area contributed by atoms with Gasteiger partial charge in [-0.05, 0) is 113 Å². The average Bonchev–Trinajstić information content (AvgIpc) is 3.58. The summed E-state index contributed by atoms with van der Waals surface area (Å²) in [6.07, 6.45) is -18.0. The van der Waals surface area contributed by atoms with Gasteiger partial charge in [-0.1, -0.05) is 39.3 Å². The fraction of sp³-hybridized carbons (Fsp3) is 0.933. The number of carbonyl (C=O) groups is 1. The van der Waals surface area contributed by atoms with Crippen LogP contribution in [0.15, 0.2) is 11.6 Å². The predicted octanol–water partition coefficient (Wildman–Crippen LogP) is -2.30. The maximum absolute atomic E-state index is 13.1. The Labute approximate surface area is 410 Å². The van der Waals surface area contributed by atoms with Gasteiger partial charge < -0.3 is 73.8 Å². The second-order valence-electron chi connectivity index (χ2n) is 21.5. The van der Waals surface area contributed by atoms with Crippen LogP contribution in [0.4, 0.5) is 0 Å². The van der Waals surface area contributed by atoms with Gasteiger partial charge in [0.15, 0.2) is 18.9 Å². The molecule has 0 radical (unpaired) electrons. The van der Waals surface area contributed by atoms with Crippen LogP contribution >= 0.6 is 0 Å². The van der Waals surface area contributed by atoms with Crippen molar-refractivity contribution in [3.05, 3.63) is 11.6 Å². The Morgan fingerprint density at radius 1 is 0.788 bits per heavy atom. The third-order valence-electron chi connectivity index (χ3n) is 16.4. The summed E-state index contributed by atoms with van der Waals surface area (Å²) in [5.41, 5.74) is -1.01. The minimum absolute atomic E-state index is 0. The third-order valence-corrected chi connectivity index (χ3v) is 16.9. The maximum Gasteiger partial charge on any atom is 1.00 e. The summed E-state index contributed by atoms with van der Waals surface area (Å²) in [4.78, 5) is 13.1. The molecule has 24 atom stereocenters. The zero-order valence-corrected chi connectivity index (χ0v) is 42.4. The topological polar surface area (TPSA) is 301 Å². The quantitative estimate of drug-likeness (QED) is 0.0417. The van der Waals surface area contributed by atoms with E-state index in [1.165, 1.54) is 19.4 Å². The average molecular weight is 973 g/mol. The van der Waals surface area contributed by atoms with E-state index in [0.29, 0.717) is 32.1 Å². The van der Waals surface area contributed by atoms with Crippen LogP contribution in [-0.2, 0) is 47.8 Å². The van der Waals surface area contributed by atoms with Gasteiger partial charge in [0.1, 0.15) is 60.7 Å². The van der Waals surface area contributed by atoms with Crippen LogP contribution in [0.2, 0.25) is 0 Å². The van der Waals surface area contributed by atoms with Gasteiger partial charge in [0, 0.05) is 12.8 Å². The van der Waals surface area contributed by atoms with E-state index in [-0.39, 0.29) is 83.7 Å². The third kappa shape index (κ3) is 10.7. The smallest absolute Gasteiger partial charge is 0.726 e. The molecule has 0 aromatic rings. The minimum atomic E-state index is -5.05. The van der Waals surface area contributed by atoms with Crippen LogP contribution < -0.4 is 29.6 Å². The first-order chi connectivity index (χ1) is 30.2. The molecule has 66 heavy (non-hydrogen) atoms. The molecule has 7 rings (SSSR count). The van der Waals surface area contributed by atoms with Gasteiger partial charge in [-0.25, -0.2) is 8.42 Å². The molecular formula is C45H73NaO19S. The Kier molecular flexibility index (Phi) is 17.2. The van der Waals surface area contributed by atoms with Crippen molar-refractivity contribution in [3.63, 3.8) is 0 Å². The van der Waals surface area contributed by atoms with Crippen LogP contribution in [0.1, 0.15) is 113 Å². The zero-order valence-electron chi connectivity index (χ0n) is 39.6. The van der Waals surface area contributed by atoms with Crippen LogP contribution in [-0.4, -0.2) is 170 Å². The first kappa shape index (κ1) is 55.0. The van der Waals surface area contributed by atoms with Gasteiger partial charge in [-0.3, -0.25) is 8.98 Å². The van der Waals surface area contributed by atoms with E-state index in [2.05, 4.69) is 19.9 Å². The SMILES string of the molecule is CC(C)CC(=O)C[C@](C)(O)[C@H]1CC[C@H]2[C@@H]3C[C@H](O[C@@H]4O[C@H](C)[C@@H](O)[C@H](O[C@@H]5O[C@H](C)[C@@H](O)[C@H](O)[C@H]5O[C@@H]5O[C@H](C)[C@@H](O)[C@H](O)[C@H]5O)[C@H]4O)[C@H]4C[C@@H](OS(=O)(=O)[O-])CC[C@]4(C)C3=CC[C@@]21C.[Na+]. The number of ether oxygens (including phenoxy) is 6. The van der Waals surface area contributed by atoms with E-state index >= 15 is 0 Å². The summed E-state index contributed by atoms with van der Waals surface area (Å²) in [6, 6.07) is 0. The van der Waals surface area contributed by atoms with E-state index in [9.17, 15) is 58.6 Å². The van der Waals surface area contributed by atoms with Gasteiger partial charge in [0.25, 0.3) is 0 Å². The van der Waals surface area contributed by atoms with Crippen molar-refractivity contribution in [2.75, 3.05) is 0 Å². The molecular weight excluding hydrogens is 900 g/mol. The van der Waals surface area contributed by atoms with Crippen molar-refractivity contribution in [1.29, 1.82) is 0 Å². The molecule has 7 aliphatic rings. The number of carbonyl (C=O) groups excluding carboxylic acids is 1. The van der Waals surface area contributed by atoms with Crippen molar-refractivity contribution < 1.29 is 121 Å². The number of hydrogen-bond acceptors (Lipinski definition) is 19. The van der Waals surface area contributed by atoms with Crippen LogP contribution in [0.3, 0.4) is 0 Å². The summed E-state index contributed by atoms with van der Waals surface area (Å²) in [5.74, 6) is -0.443. The van der Waals surface area contributed by atoms with E-state index in [0.717, 1.165) is 6.42 Å². The van der Waals surface area contributed by atoms with Crippen LogP contribution in [0.25, 0.3) is 0 Å². The van der Waals surface area contributed by atoms with Crippen LogP contribution in [0.5, 0.6) is 0 Å². The predicted molar refractivity (Wildman–Crippen MR) is 225 cm³/mol. The molecule has 4 aliphatic carbocycles. The number of rotatable bonds is 13. The fourth-order valence-electron chi connectivity index (χ4n) is 13.1. The van der Waals surface area contributed by atoms with Crippen LogP contribution in [0, 0.1) is 40.4 Å². The Morgan fingerprint density at radius 3 is 1.98 bits per heavy atom. The number of allylic oxidation sites excluding steroid dienone is 2. The second-order valence-corrected chi connectivity index (χ2v) is 22.5. The Morgan fingerprint density at radius 2 is 1.36 bits per heavy atom. The molecule has 21 heteroatoms. The fourth-order valence-corrected chi connectivity index (χ4v) is 13.6. The maximum atomic E-state index is 13.1. The summed E-state index contributed by atoms with van der Waals surface area (Å²) in [7, 11) is -5.05. The molecule has 0 aromatic heterocycles. The minimum Gasteiger partial charge on any atom is -0.726 e. The number of hydrogen-bond donors (Lipinski definition) is 8. The largest absolute Gasteiger partial charge is 1.00 e. The van der Waals surface area contributed by atoms with Crippen molar-refractivity contribution in [1.82, 2.24) is 0 Å². The van der Waals surface area contributed by atoms with Gasteiger partial charge in [-0.15, -0.1) is 0 Å². The number of aliphatic hydroxyl groups excluding tert-OH is 7. The van der Waals surface area contributed by atoms with E-state index in [4.69, 9.17) is 32.6 Å². The Hall–Kier alpha value is -0.280. The Balaban J connectivity index is 0.00000720. The molecule has 0 spiro atoms. The van der Waals surface area contributed by atoms with Gasteiger partial charge >= 0.3 is 29.6 Å². The summed E-state index contributed by atoms with van der Waals surface area (Å²) >= 11 is 0. The molecule has 3 saturated carbocycles. The van der Waals surface area contributed by atoms with Crippen molar-refractivity contribution in [2.45, 2.75) is 223 Å². The molecule has 0 aromatic carbocycles. The zero-order chi connectivity index (χ0) is 47.9. The standard InChI is InChI=1S/C45H74O19S.Na/c1-19(2)15-23(46)18-45(8,54)30-10-9-26-25-17-29(28-16-24(64-65(55,56)57)11-13-43(28,6)27(25)12-14-44(26,30)7)61-41-37(53)38(33(49)22(5)59-41)62-42-39(35(51)32(48)21(4)60-42)63-40-36(52)34(50)31(47)20(3)58-40;/h12,19-22,24-26,28-42,47-54H,9-11,13-18H2,1-8H3,(H,55,56,57);/q;+1/p-1/t20-,21-,22-,24+,25+,26+,28-,29+,30+,31-,32-,33-,34+,35+,36-,37-,38+,39-,40+,41+,42+,43-,44+,45+;/m1./s1. The molecule has 0 bridgehead atoms. The number of Topliss-reactive ketones (excluding diaryl/α,β-unsaturated/α-hetero) is 1. The number of fused-ring (bicyclic) bond motifs is 5. The molecule has 8 N–H and O–H groups in total. The first-order valence-electron chi connectivity index (χ1n) is 23.4. The monoisotopic (exact) mass is 972 g/mol. The molecule has 374 valence electrons. The molecule has 19 nitrogen and oxygen atoms in total. The molecule has 0 amide bonds. The van der Waals surface area contributed by atoms with Gasteiger partial charge in [0.2, 0.25) is 10.4 Å². The van der Waals surface area contributed by atoms with Crippen molar-refractivity contribution in [2.24, 2.45) is 40.4 Å². The van der Waals surface area contributed by atoms with Gasteiger partial charge in [0.05, 0.1) is 36.1 Å². The first-order valence-corrected chi connectivity index (χ1v) is 24.8. The van der Waals surface area contributed by atoms with E-state index in [1.807, 2.05) is 13.8 Å². The van der Waals surface area contributed by atoms with E-state index < -0.39 is 132 Å². The molecule has 3 aliphatic heterocycles. The number of ketones is 1. The van der Waals surface area contributed by atoms with E-state index in [1.54, 1.807) is 13.8 Å². The normalized spacial score (nSPS) is 49.4. The summed E-state index contributed by atoms with van der Waals surface area (Å²) in [6.45, 7) is 14.5. The second kappa shape index (κ2) is 20.7. The van der Waals surface area contributed by atoms with Crippen molar-refractivity contribution in [3.8, 4) is 0 Å². The molecule has 6 fully saturated rings. The summed E-state index contributed by atoms with van der Waals surface area (Å²) in [5, 5.41) is 89.0. The molecule has 0 unspecified atom stereocenters. The van der Waals surface area contributed by atoms with Crippen molar-refractivity contribution >= 4 is 16.2 Å². The molecule has 3 saturated heterocycles. The summed E-state index contributed by atoms with van der Waals surface area (Å²) < 4.78 is 77.3. The molecule has 3 heterocycles.